The summed E-state index contributed by atoms with van der Waals surface area (Å²) in [6.45, 7) is 2.18. The molecule has 2 aromatic heterocycles. The number of thiazole rings is 1. The summed E-state index contributed by atoms with van der Waals surface area (Å²) < 4.78 is 6.40. The standard InChI is InChI=1S/C20H15N3O4S/c1-13-4-2-6-17-18(13)21-20(28-17)22(12-16-5-3-11-27-16)19(24)14-7-9-15(10-8-14)23(25)26/h2-11H,12H2,1H3. The van der Waals surface area contributed by atoms with Gasteiger partial charge in [-0.1, -0.05) is 23.5 Å². The van der Waals surface area contributed by atoms with Crippen molar-refractivity contribution in [2.75, 3.05) is 4.90 Å². The fourth-order valence-corrected chi connectivity index (χ4v) is 3.90. The average Bonchev–Trinajstić information content (AvgIpc) is 3.36. The minimum atomic E-state index is -0.495. The molecule has 2 heterocycles. The van der Waals surface area contributed by atoms with E-state index in [0.717, 1.165) is 15.8 Å². The second kappa shape index (κ2) is 7.24. The van der Waals surface area contributed by atoms with Crippen molar-refractivity contribution in [3.8, 4) is 0 Å². The molecular weight excluding hydrogens is 378 g/mol. The van der Waals surface area contributed by atoms with Crippen LogP contribution in [0.2, 0.25) is 0 Å². The van der Waals surface area contributed by atoms with E-state index >= 15 is 0 Å². The van der Waals surface area contributed by atoms with E-state index in [1.165, 1.54) is 40.5 Å². The highest BCUT2D eigenvalue weighted by Crippen LogP contribution is 2.32. The summed E-state index contributed by atoms with van der Waals surface area (Å²) in [7, 11) is 0. The van der Waals surface area contributed by atoms with Gasteiger partial charge in [0.1, 0.15) is 5.76 Å². The van der Waals surface area contributed by atoms with Crippen molar-refractivity contribution in [3.05, 3.63) is 87.9 Å². The number of carbonyl (C=O) groups is 1. The van der Waals surface area contributed by atoms with Gasteiger partial charge in [0.05, 0.1) is 27.9 Å². The maximum Gasteiger partial charge on any atom is 0.269 e. The molecule has 0 aliphatic heterocycles. The van der Waals surface area contributed by atoms with Crippen molar-refractivity contribution in [3.63, 3.8) is 0 Å². The lowest BCUT2D eigenvalue weighted by molar-refractivity contribution is -0.384. The number of hydrogen-bond acceptors (Lipinski definition) is 6. The van der Waals surface area contributed by atoms with Gasteiger partial charge in [0, 0.05) is 17.7 Å². The minimum absolute atomic E-state index is 0.0650. The highest BCUT2D eigenvalue weighted by Gasteiger charge is 2.23. The van der Waals surface area contributed by atoms with E-state index in [4.69, 9.17) is 4.42 Å². The van der Waals surface area contributed by atoms with E-state index < -0.39 is 4.92 Å². The molecule has 0 spiro atoms. The third kappa shape index (κ3) is 3.37. The molecule has 0 unspecified atom stereocenters. The van der Waals surface area contributed by atoms with Crippen LogP contribution >= 0.6 is 11.3 Å². The van der Waals surface area contributed by atoms with E-state index in [-0.39, 0.29) is 18.1 Å². The zero-order valence-electron chi connectivity index (χ0n) is 14.9. The largest absolute Gasteiger partial charge is 0.467 e. The summed E-state index contributed by atoms with van der Waals surface area (Å²) in [6, 6.07) is 15.0. The predicted molar refractivity (Wildman–Crippen MR) is 107 cm³/mol. The van der Waals surface area contributed by atoms with Gasteiger partial charge >= 0.3 is 0 Å². The summed E-state index contributed by atoms with van der Waals surface area (Å²) in [5, 5.41) is 11.4. The number of amides is 1. The molecule has 4 aromatic rings. The molecule has 0 N–H and O–H groups in total. The number of rotatable bonds is 5. The maximum atomic E-state index is 13.2. The zero-order chi connectivity index (χ0) is 19.7. The summed E-state index contributed by atoms with van der Waals surface area (Å²) in [5.74, 6) is 0.314. The first-order valence-corrected chi connectivity index (χ1v) is 9.29. The Balaban J connectivity index is 1.74. The number of non-ortho nitro benzene ring substituents is 1. The van der Waals surface area contributed by atoms with Gasteiger partial charge in [-0.2, -0.15) is 0 Å². The van der Waals surface area contributed by atoms with Crippen molar-refractivity contribution in [1.29, 1.82) is 0 Å². The van der Waals surface area contributed by atoms with Gasteiger partial charge in [-0.3, -0.25) is 19.8 Å². The van der Waals surface area contributed by atoms with Crippen molar-refractivity contribution in [1.82, 2.24) is 4.98 Å². The highest BCUT2D eigenvalue weighted by molar-refractivity contribution is 7.22. The summed E-state index contributed by atoms with van der Waals surface area (Å²) in [6.07, 6.45) is 1.55. The van der Waals surface area contributed by atoms with E-state index in [0.29, 0.717) is 16.5 Å². The van der Waals surface area contributed by atoms with Crippen LogP contribution in [-0.2, 0) is 6.54 Å². The fraction of sp³-hybridized carbons (Fsp3) is 0.100. The number of nitrogens with zero attached hydrogens (tertiary/aromatic N) is 3. The number of furan rings is 1. The molecule has 0 atom stereocenters. The number of fused-ring (bicyclic) bond motifs is 1. The molecule has 28 heavy (non-hydrogen) atoms. The lowest BCUT2D eigenvalue weighted by Crippen LogP contribution is -2.30. The number of aryl methyl sites for hydroxylation is 1. The van der Waals surface area contributed by atoms with E-state index in [1.807, 2.05) is 25.1 Å². The second-order valence-corrected chi connectivity index (χ2v) is 7.20. The van der Waals surface area contributed by atoms with Gasteiger partial charge < -0.3 is 4.42 Å². The van der Waals surface area contributed by atoms with E-state index in [2.05, 4.69) is 4.98 Å². The molecule has 1 amide bonds. The van der Waals surface area contributed by atoms with Crippen LogP contribution in [0, 0.1) is 17.0 Å². The van der Waals surface area contributed by atoms with E-state index in [1.54, 1.807) is 18.4 Å². The molecule has 0 aliphatic carbocycles. The van der Waals surface area contributed by atoms with Crippen LogP contribution in [0.15, 0.2) is 65.3 Å². The molecule has 4 rings (SSSR count). The SMILES string of the molecule is Cc1cccc2sc(N(Cc3ccco3)C(=O)c3ccc([N+](=O)[O-])cc3)nc12. The third-order valence-electron chi connectivity index (χ3n) is 4.30. The number of nitro benzene ring substituents is 1. The van der Waals surface area contributed by atoms with Crippen molar-refractivity contribution in [2.45, 2.75) is 13.5 Å². The van der Waals surface area contributed by atoms with Crippen molar-refractivity contribution >= 4 is 38.3 Å². The number of nitro groups is 1. The number of anilines is 1. The summed E-state index contributed by atoms with van der Waals surface area (Å²) in [4.78, 5) is 29.8. The number of hydrogen-bond donors (Lipinski definition) is 0. The first-order chi connectivity index (χ1) is 13.5. The van der Waals surface area contributed by atoms with Crippen LogP contribution in [0.5, 0.6) is 0 Å². The molecular formula is C20H15N3O4S. The molecule has 140 valence electrons. The van der Waals surface area contributed by atoms with Crippen molar-refractivity contribution in [2.24, 2.45) is 0 Å². The number of benzene rings is 2. The predicted octanol–water partition coefficient (Wildman–Crippen LogP) is 4.95. The Morgan fingerprint density at radius 1 is 1.18 bits per heavy atom. The molecule has 2 aromatic carbocycles. The normalized spacial score (nSPS) is 10.9. The molecule has 0 saturated heterocycles. The minimum Gasteiger partial charge on any atom is -0.467 e. The summed E-state index contributed by atoms with van der Waals surface area (Å²) in [5.41, 5.74) is 2.15. The Hall–Kier alpha value is -3.52. The van der Waals surface area contributed by atoms with Crippen LogP contribution in [0.4, 0.5) is 10.8 Å². The van der Waals surface area contributed by atoms with Gasteiger partial charge in [-0.05, 0) is 42.8 Å². The quantitative estimate of drug-likeness (QED) is 0.353. The highest BCUT2D eigenvalue weighted by atomic mass is 32.1. The molecule has 0 fully saturated rings. The average molecular weight is 393 g/mol. The lowest BCUT2D eigenvalue weighted by Gasteiger charge is -2.18. The molecule has 8 heteroatoms. The number of aromatic nitrogens is 1. The Bertz CT molecular complexity index is 1150. The fourth-order valence-electron chi connectivity index (χ4n) is 2.86. The van der Waals surface area contributed by atoms with Gasteiger partial charge in [0.2, 0.25) is 0 Å². The Labute approximate surface area is 164 Å². The Morgan fingerprint density at radius 2 is 1.96 bits per heavy atom. The van der Waals surface area contributed by atoms with Crippen LogP contribution in [-0.4, -0.2) is 15.8 Å². The lowest BCUT2D eigenvalue weighted by atomic mass is 10.2. The molecule has 0 bridgehead atoms. The molecule has 0 radical (unpaired) electrons. The zero-order valence-corrected chi connectivity index (χ0v) is 15.7. The smallest absolute Gasteiger partial charge is 0.269 e. The molecule has 0 saturated carbocycles. The van der Waals surface area contributed by atoms with Crippen LogP contribution < -0.4 is 4.90 Å². The Morgan fingerprint density at radius 3 is 2.61 bits per heavy atom. The molecule has 0 aliphatic rings. The first kappa shape index (κ1) is 17.9. The van der Waals surface area contributed by atoms with E-state index in [9.17, 15) is 14.9 Å². The van der Waals surface area contributed by atoms with Crippen LogP contribution in [0.3, 0.4) is 0 Å². The van der Waals surface area contributed by atoms with Gasteiger partial charge in [0.15, 0.2) is 5.13 Å². The van der Waals surface area contributed by atoms with Crippen LogP contribution in [0.1, 0.15) is 21.7 Å². The Kier molecular flexibility index (Phi) is 4.62. The van der Waals surface area contributed by atoms with Gasteiger partial charge in [-0.15, -0.1) is 0 Å². The van der Waals surface area contributed by atoms with Gasteiger partial charge in [-0.25, -0.2) is 4.98 Å². The molecule has 7 nitrogen and oxygen atoms in total. The van der Waals surface area contributed by atoms with Crippen molar-refractivity contribution < 1.29 is 14.1 Å². The third-order valence-corrected chi connectivity index (χ3v) is 5.35. The maximum absolute atomic E-state index is 13.2. The first-order valence-electron chi connectivity index (χ1n) is 8.48. The van der Waals surface area contributed by atoms with Crippen LogP contribution in [0.25, 0.3) is 10.2 Å². The second-order valence-electron chi connectivity index (χ2n) is 6.19. The number of carbonyl (C=O) groups excluding carboxylic acids is 1. The van der Waals surface area contributed by atoms with Gasteiger partial charge in [0.25, 0.3) is 11.6 Å². The monoisotopic (exact) mass is 393 g/mol. The topological polar surface area (TPSA) is 89.5 Å². The summed E-state index contributed by atoms with van der Waals surface area (Å²) >= 11 is 1.42. The number of para-hydroxylation sites is 1.